The quantitative estimate of drug-likeness (QED) is 0.555. The number of piperidine rings is 1. The predicted octanol–water partition coefficient (Wildman–Crippen LogP) is 4.78. The Labute approximate surface area is 199 Å². The first-order valence-corrected chi connectivity index (χ1v) is 11.6. The van der Waals surface area contributed by atoms with Gasteiger partial charge in [-0.25, -0.2) is 0 Å². The minimum absolute atomic E-state index is 0.0110. The van der Waals surface area contributed by atoms with Crippen molar-refractivity contribution in [1.82, 2.24) is 0 Å². The van der Waals surface area contributed by atoms with E-state index in [4.69, 9.17) is 9.47 Å². The summed E-state index contributed by atoms with van der Waals surface area (Å²) in [5, 5.41) is 0. The number of ether oxygens (including phenoxy) is 2. The molecule has 0 spiro atoms. The van der Waals surface area contributed by atoms with Crippen molar-refractivity contribution in [2.24, 2.45) is 5.92 Å². The number of nitrogens with zero attached hydrogens (tertiary/aromatic N) is 2. The van der Waals surface area contributed by atoms with Crippen LogP contribution in [-0.4, -0.2) is 32.6 Å². The Bertz CT molecular complexity index is 1190. The van der Waals surface area contributed by atoms with Gasteiger partial charge in [0.25, 0.3) is 0 Å². The average molecular weight is 457 g/mol. The average Bonchev–Trinajstić information content (AvgIpc) is 3.32. The zero-order valence-electron chi connectivity index (χ0n) is 19.4. The maximum atomic E-state index is 14.0. The molecule has 0 radical (unpaired) electrons. The summed E-state index contributed by atoms with van der Waals surface area (Å²) in [6.07, 6.45) is 1.69. The van der Waals surface area contributed by atoms with Crippen LogP contribution in [0, 0.1) is 5.92 Å². The summed E-state index contributed by atoms with van der Waals surface area (Å²) < 4.78 is 10.6. The first-order chi connectivity index (χ1) is 16.6. The Morgan fingerprint density at radius 2 is 1.50 bits per heavy atom. The lowest BCUT2D eigenvalue weighted by molar-refractivity contribution is -0.127. The Kier molecular flexibility index (Phi) is 5.97. The number of carbonyl (C=O) groups excluding carboxylic acids is 2. The van der Waals surface area contributed by atoms with Crippen LogP contribution in [0.3, 0.4) is 0 Å². The Balaban J connectivity index is 1.56. The summed E-state index contributed by atoms with van der Waals surface area (Å²) in [6.45, 7) is 0.667. The van der Waals surface area contributed by atoms with Gasteiger partial charge >= 0.3 is 0 Å². The van der Waals surface area contributed by atoms with Crippen LogP contribution in [0.2, 0.25) is 0 Å². The predicted molar refractivity (Wildman–Crippen MR) is 131 cm³/mol. The summed E-state index contributed by atoms with van der Waals surface area (Å²) >= 11 is 0. The number of carbonyl (C=O) groups is 2. The molecule has 2 amide bonds. The number of amides is 2. The number of rotatable bonds is 5. The van der Waals surface area contributed by atoms with E-state index in [0.29, 0.717) is 19.4 Å². The highest BCUT2D eigenvalue weighted by Gasteiger charge is 2.44. The van der Waals surface area contributed by atoms with Gasteiger partial charge < -0.3 is 19.3 Å². The van der Waals surface area contributed by atoms with Crippen molar-refractivity contribution in [3.05, 3.63) is 83.9 Å². The Hall–Kier alpha value is -3.80. The van der Waals surface area contributed by atoms with Crippen molar-refractivity contribution in [2.75, 3.05) is 30.6 Å². The SMILES string of the molecule is COc1ccc(C2C(C(=O)N3CCc4ccccc43)CCC(=O)N2c2ccc(OC)cc2)cc1. The summed E-state index contributed by atoms with van der Waals surface area (Å²) in [4.78, 5) is 31.0. The second-order valence-electron chi connectivity index (χ2n) is 8.69. The van der Waals surface area contributed by atoms with E-state index in [9.17, 15) is 9.59 Å². The summed E-state index contributed by atoms with van der Waals surface area (Å²) in [5.41, 5.74) is 3.84. The van der Waals surface area contributed by atoms with Crippen molar-refractivity contribution < 1.29 is 19.1 Å². The molecule has 2 unspecified atom stereocenters. The van der Waals surface area contributed by atoms with E-state index in [1.165, 1.54) is 5.56 Å². The molecule has 1 saturated heterocycles. The molecule has 6 nitrogen and oxygen atoms in total. The third kappa shape index (κ3) is 3.89. The van der Waals surface area contributed by atoms with Gasteiger partial charge in [0, 0.05) is 24.3 Å². The lowest BCUT2D eigenvalue weighted by atomic mass is 9.82. The third-order valence-corrected chi connectivity index (χ3v) is 6.88. The van der Waals surface area contributed by atoms with Crippen molar-refractivity contribution in [1.29, 1.82) is 0 Å². The maximum Gasteiger partial charge on any atom is 0.232 e. The zero-order valence-corrected chi connectivity index (χ0v) is 19.4. The van der Waals surface area contributed by atoms with Gasteiger partial charge in [0.15, 0.2) is 0 Å². The fourth-order valence-corrected chi connectivity index (χ4v) is 5.15. The van der Waals surface area contributed by atoms with Gasteiger partial charge in [0.2, 0.25) is 11.8 Å². The number of fused-ring (bicyclic) bond motifs is 1. The number of anilines is 2. The lowest BCUT2D eigenvalue weighted by Crippen LogP contribution is -2.49. The minimum Gasteiger partial charge on any atom is -0.497 e. The first-order valence-electron chi connectivity index (χ1n) is 11.6. The molecular formula is C28H28N2O4. The molecule has 3 aromatic rings. The van der Waals surface area contributed by atoms with E-state index in [0.717, 1.165) is 34.9 Å². The molecule has 0 bridgehead atoms. The molecule has 0 aliphatic carbocycles. The number of hydrogen-bond donors (Lipinski definition) is 0. The highest BCUT2D eigenvalue weighted by atomic mass is 16.5. The van der Waals surface area contributed by atoms with Crippen LogP contribution in [0.15, 0.2) is 72.8 Å². The smallest absolute Gasteiger partial charge is 0.232 e. The van der Waals surface area contributed by atoms with E-state index >= 15 is 0 Å². The fourth-order valence-electron chi connectivity index (χ4n) is 5.15. The normalized spacial score (nSPS) is 19.6. The van der Waals surface area contributed by atoms with Crippen molar-refractivity contribution in [2.45, 2.75) is 25.3 Å². The molecule has 3 aromatic carbocycles. The molecule has 0 saturated carbocycles. The van der Waals surface area contributed by atoms with Gasteiger partial charge in [0.1, 0.15) is 11.5 Å². The molecule has 6 heteroatoms. The van der Waals surface area contributed by atoms with Crippen molar-refractivity contribution >= 4 is 23.2 Å². The van der Waals surface area contributed by atoms with E-state index < -0.39 is 6.04 Å². The van der Waals surface area contributed by atoms with Gasteiger partial charge in [-0.05, 0) is 66.4 Å². The molecule has 0 N–H and O–H groups in total. The van der Waals surface area contributed by atoms with E-state index in [1.54, 1.807) is 19.1 Å². The lowest BCUT2D eigenvalue weighted by Gasteiger charge is -2.42. The molecule has 1 fully saturated rings. The highest BCUT2D eigenvalue weighted by molar-refractivity contribution is 6.02. The van der Waals surface area contributed by atoms with Crippen LogP contribution >= 0.6 is 0 Å². The number of benzene rings is 3. The molecule has 2 aliphatic rings. The summed E-state index contributed by atoms with van der Waals surface area (Å²) in [6, 6.07) is 22.8. The zero-order chi connectivity index (χ0) is 23.7. The second kappa shape index (κ2) is 9.21. The molecule has 2 aliphatic heterocycles. The number of methoxy groups -OCH3 is 2. The maximum absolute atomic E-state index is 14.0. The third-order valence-electron chi connectivity index (χ3n) is 6.88. The summed E-state index contributed by atoms with van der Waals surface area (Å²) in [7, 11) is 3.24. The topological polar surface area (TPSA) is 59.1 Å². The van der Waals surface area contributed by atoms with Crippen LogP contribution in [-0.2, 0) is 16.0 Å². The molecule has 2 atom stereocenters. The number of para-hydroxylation sites is 1. The molecule has 174 valence electrons. The Morgan fingerprint density at radius 1 is 0.853 bits per heavy atom. The monoisotopic (exact) mass is 456 g/mol. The molecule has 34 heavy (non-hydrogen) atoms. The van der Waals surface area contributed by atoms with Crippen molar-refractivity contribution in [3.8, 4) is 11.5 Å². The molecule has 2 heterocycles. The standard InChI is InChI=1S/C28H28N2O4/c1-33-22-11-7-20(8-12-22)27-24(28(32)29-18-17-19-5-3-4-6-25(19)29)15-16-26(31)30(27)21-9-13-23(34-2)14-10-21/h3-14,24,27H,15-18H2,1-2H3. The number of hydrogen-bond acceptors (Lipinski definition) is 4. The van der Waals surface area contributed by atoms with Crippen LogP contribution in [0.25, 0.3) is 0 Å². The largest absolute Gasteiger partial charge is 0.497 e. The fraction of sp³-hybridized carbons (Fsp3) is 0.286. The van der Waals surface area contributed by atoms with Crippen LogP contribution in [0.1, 0.15) is 30.0 Å². The molecule has 0 aromatic heterocycles. The highest BCUT2D eigenvalue weighted by Crippen LogP contribution is 2.43. The second-order valence-corrected chi connectivity index (χ2v) is 8.69. The van der Waals surface area contributed by atoms with E-state index in [2.05, 4.69) is 6.07 Å². The molecule has 5 rings (SSSR count). The van der Waals surface area contributed by atoms with E-state index in [1.807, 2.05) is 71.6 Å². The van der Waals surface area contributed by atoms with Crippen LogP contribution in [0.5, 0.6) is 11.5 Å². The van der Waals surface area contributed by atoms with Gasteiger partial charge in [-0.1, -0.05) is 30.3 Å². The van der Waals surface area contributed by atoms with Crippen molar-refractivity contribution in [3.63, 3.8) is 0 Å². The van der Waals surface area contributed by atoms with Gasteiger partial charge in [-0.3, -0.25) is 9.59 Å². The molecular weight excluding hydrogens is 428 g/mol. The Morgan fingerprint density at radius 3 is 2.18 bits per heavy atom. The van der Waals surface area contributed by atoms with E-state index in [-0.39, 0.29) is 17.7 Å². The van der Waals surface area contributed by atoms with Gasteiger partial charge in [0.05, 0.1) is 26.2 Å². The van der Waals surface area contributed by atoms with Gasteiger partial charge in [-0.2, -0.15) is 0 Å². The summed E-state index contributed by atoms with van der Waals surface area (Å²) in [5.74, 6) is 1.17. The first kappa shape index (κ1) is 22.0. The van der Waals surface area contributed by atoms with Crippen LogP contribution < -0.4 is 19.3 Å². The minimum atomic E-state index is -0.416. The van der Waals surface area contributed by atoms with Crippen LogP contribution in [0.4, 0.5) is 11.4 Å². The van der Waals surface area contributed by atoms with Gasteiger partial charge in [-0.15, -0.1) is 0 Å².